The van der Waals surface area contributed by atoms with Gasteiger partial charge in [-0.1, -0.05) is 42.2 Å². The molecule has 0 unspecified atom stereocenters. The first-order chi connectivity index (χ1) is 56.0. The molecule has 0 atom stereocenters. The number of aliphatic hydroxyl groups is 1. The van der Waals surface area contributed by atoms with Crippen LogP contribution < -0.4 is 29.7 Å². The first kappa shape index (κ1) is 79.9. The molecule has 13 nitrogen and oxygen atoms in total. The zero-order valence-electron chi connectivity index (χ0n) is 61.7. The van der Waals surface area contributed by atoms with Crippen molar-refractivity contribution in [2.75, 3.05) is 88.8 Å². The molecule has 116 heavy (non-hydrogen) atoms. The van der Waals surface area contributed by atoms with Crippen molar-refractivity contribution < 1.29 is 99.4 Å². The van der Waals surface area contributed by atoms with Crippen LogP contribution in [0.4, 0.5) is 77.2 Å². The van der Waals surface area contributed by atoms with Crippen molar-refractivity contribution >= 4 is 68.0 Å². The fourth-order valence-electron chi connectivity index (χ4n) is 13.8. The molecule has 1 N–H and O–H groups in total. The largest absolute Gasteiger partial charge is 0.491 e. The number of rotatable bonds is 24. The lowest BCUT2D eigenvalue weighted by Gasteiger charge is -2.28. The van der Waals surface area contributed by atoms with Gasteiger partial charge in [-0.15, -0.1) is 0 Å². The molecule has 6 aliphatic heterocycles. The Morgan fingerprint density at radius 1 is 0.362 bits per heavy atom. The summed E-state index contributed by atoms with van der Waals surface area (Å²) in [5, 5.41) is 12.7. The van der Waals surface area contributed by atoms with Gasteiger partial charge in [-0.3, -0.25) is 0 Å². The van der Waals surface area contributed by atoms with Crippen LogP contribution in [-0.4, -0.2) is 107 Å². The number of aliphatic hydroxyl groups excluding tert-OH is 1. The number of anilines is 2. The van der Waals surface area contributed by atoms with Gasteiger partial charge < -0.3 is 43.3 Å². The van der Waals surface area contributed by atoms with Crippen molar-refractivity contribution in [3.63, 3.8) is 0 Å². The Labute approximate surface area is 653 Å². The lowest BCUT2D eigenvalue weighted by atomic mass is 9.90. The molecule has 0 amide bonds. The van der Waals surface area contributed by atoms with E-state index in [9.17, 15) is 18.3 Å². The molecular formula is C88H63F15N6O7. The fraction of sp³-hybridized carbons (Fsp3) is 0.182. The van der Waals surface area contributed by atoms with Crippen LogP contribution in [0.15, 0.2) is 201 Å². The summed E-state index contributed by atoms with van der Waals surface area (Å²) in [7, 11) is 0. The fourth-order valence-corrected chi connectivity index (χ4v) is 13.8. The molecular weight excluding hydrogens is 1540 g/mol. The van der Waals surface area contributed by atoms with E-state index >= 15 is 52.7 Å². The van der Waals surface area contributed by atoms with E-state index in [1.54, 1.807) is 24.3 Å². The van der Waals surface area contributed by atoms with Crippen molar-refractivity contribution in [1.82, 2.24) is 0 Å². The van der Waals surface area contributed by atoms with Gasteiger partial charge in [-0.2, -0.15) is 0 Å². The highest BCUT2D eigenvalue weighted by atomic mass is 19.2. The third-order valence-corrected chi connectivity index (χ3v) is 19.4. The van der Waals surface area contributed by atoms with Crippen LogP contribution >= 0.6 is 0 Å². The maximum Gasteiger partial charge on any atom is 0.284 e. The summed E-state index contributed by atoms with van der Waals surface area (Å²) in [5.41, 5.74) is -7.58. The van der Waals surface area contributed by atoms with Gasteiger partial charge in [0.25, 0.3) is 5.95 Å². The Morgan fingerprint density at radius 3 is 1.09 bits per heavy atom. The Hall–Kier alpha value is -12.7. The predicted molar refractivity (Wildman–Crippen MR) is 409 cm³/mol. The van der Waals surface area contributed by atoms with Crippen LogP contribution in [-0.2, 0) is 18.9 Å². The lowest BCUT2D eigenvalue weighted by Crippen LogP contribution is -2.31. The highest BCUT2D eigenvalue weighted by Gasteiger charge is 2.39. The van der Waals surface area contributed by atoms with E-state index in [1.807, 2.05) is 24.3 Å². The van der Waals surface area contributed by atoms with Crippen LogP contribution in [0.3, 0.4) is 0 Å². The van der Waals surface area contributed by atoms with Crippen molar-refractivity contribution in [3.8, 4) is 29.1 Å². The summed E-state index contributed by atoms with van der Waals surface area (Å²) in [6.45, 7) is 13.5. The number of hydrogen-bond acceptors (Lipinski definition) is 13. The number of hydrogen-bond donors (Lipinski definition) is 1. The third kappa shape index (κ3) is 15.4. The minimum Gasteiger partial charge on any atom is -0.491 e. The van der Waals surface area contributed by atoms with E-state index in [0.29, 0.717) is 33.6 Å². The van der Waals surface area contributed by atoms with Gasteiger partial charge in [0.15, 0.2) is 69.8 Å². The molecule has 0 aromatic heterocycles. The van der Waals surface area contributed by atoms with Gasteiger partial charge in [-0.25, -0.2) is 85.8 Å². The summed E-state index contributed by atoms with van der Waals surface area (Å²) in [5.74, 6) is -29.7. The van der Waals surface area contributed by atoms with Crippen molar-refractivity contribution in [2.24, 2.45) is 20.0 Å². The smallest absolute Gasteiger partial charge is 0.284 e. The van der Waals surface area contributed by atoms with Crippen LogP contribution in [0.5, 0.6) is 17.2 Å². The molecule has 8 aromatic carbocycles. The normalized spacial score (nSPS) is 14.8. The van der Waals surface area contributed by atoms with Gasteiger partial charge in [-0.05, 0) is 154 Å². The second-order valence-electron chi connectivity index (χ2n) is 26.1. The zero-order chi connectivity index (χ0) is 81.9. The maximum atomic E-state index is 16.2. The number of aliphatic imine (C=N–C) groups is 4. The molecule has 0 aliphatic carbocycles. The molecule has 0 spiro atoms. The quantitative estimate of drug-likeness (QED) is 0.0206. The number of halogens is 15. The van der Waals surface area contributed by atoms with E-state index in [2.05, 4.69) is 106 Å². The first-order valence-corrected chi connectivity index (χ1v) is 36.4. The summed E-state index contributed by atoms with van der Waals surface area (Å²) < 4.78 is 268. The molecule has 6 heterocycles. The second kappa shape index (κ2) is 34.2. The summed E-state index contributed by atoms with van der Waals surface area (Å²) >= 11 is 0. The van der Waals surface area contributed by atoms with Gasteiger partial charge in [0.05, 0.1) is 107 Å². The van der Waals surface area contributed by atoms with Crippen molar-refractivity contribution in [3.05, 3.63) is 323 Å². The van der Waals surface area contributed by atoms with E-state index in [0.717, 1.165) is 95.9 Å². The van der Waals surface area contributed by atoms with Crippen LogP contribution in [0.1, 0.15) is 72.2 Å². The predicted octanol–water partition coefficient (Wildman–Crippen LogP) is 18.0. The van der Waals surface area contributed by atoms with E-state index < -0.39 is 155 Å². The molecule has 28 heteroatoms. The van der Waals surface area contributed by atoms with Gasteiger partial charge in [0.1, 0.15) is 30.5 Å². The Kier molecular flexibility index (Phi) is 23.5. The summed E-state index contributed by atoms with van der Waals surface area (Å²) in [4.78, 5) is 21.9. The van der Waals surface area contributed by atoms with Crippen LogP contribution in [0.25, 0.3) is 33.8 Å². The Balaban J connectivity index is 0.643. The second-order valence-corrected chi connectivity index (χ2v) is 26.1. The molecule has 8 bridgehead atoms. The van der Waals surface area contributed by atoms with Gasteiger partial charge in [0.2, 0.25) is 17.5 Å². The summed E-state index contributed by atoms with van der Waals surface area (Å²) in [6.07, 6.45) is 7.52. The van der Waals surface area contributed by atoms with E-state index in [4.69, 9.17) is 28.4 Å². The number of nitrogens with zero attached hydrogens (tertiary/aromatic N) is 6. The zero-order valence-corrected chi connectivity index (χ0v) is 61.7. The molecule has 0 fully saturated rings. The topological polar surface area (TPSA) is 132 Å². The third-order valence-electron chi connectivity index (χ3n) is 19.4. The SMILES string of the molecule is CCN(CC)c1ccc2c(c1)Oc1cc(N(CC)CC)ccc1C2=c1ccccc1=C(O)OCCOCCOCCOCCOc1ccc(C#Cc2ccc(C3=C4C=CC(=N4)C(c4c(F)c(F)c(F)c(F)c4F)=C4C=CC(=N4)C(c4c(F)c(F)c(F)c(F)c4F)=C4C=CC(=N4)C(c4c(F)c(F)c(F)c(F)c4F)=C4C=CC3=N4)cc2)cc1. The highest BCUT2D eigenvalue weighted by Crippen LogP contribution is 2.47. The average molecular weight is 1600 g/mol. The summed E-state index contributed by atoms with van der Waals surface area (Å²) in [6, 6.07) is 32.8. The number of allylic oxidation sites excluding steroid dienone is 12. The monoisotopic (exact) mass is 1600 g/mol. The average Bonchev–Trinajstić information content (AvgIpc) is 1.52. The molecule has 0 radical (unpaired) electrons. The van der Waals surface area contributed by atoms with Crippen molar-refractivity contribution in [1.29, 1.82) is 0 Å². The van der Waals surface area contributed by atoms with Crippen LogP contribution in [0, 0.1) is 99.1 Å². The number of fused-ring (bicyclic) bond motifs is 6. The Bertz CT molecular complexity index is 5780. The van der Waals surface area contributed by atoms with Crippen LogP contribution in [0.2, 0.25) is 0 Å². The van der Waals surface area contributed by atoms with Crippen molar-refractivity contribution in [2.45, 2.75) is 27.7 Å². The maximum absolute atomic E-state index is 16.2. The number of ether oxygens (including phenoxy) is 6. The van der Waals surface area contributed by atoms with Gasteiger partial charge in [0, 0.05) is 99.8 Å². The molecule has 0 saturated heterocycles. The highest BCUT2D eigenvalue weighted by molar-refractivity contribution is 6.40. The molecule has 6 aliphatic rings. The first-order valence-electron chi connectivity index (χ1n) is 36.4. The lowest BCUT2D eigenvalue weighted by molar-refractivity contribution is 0.000993. The standard InChI is InChI=1S/C88H63F15N6O7/c1-5-108(6-2)48-21-25-53-63(43-48)116-64-44-49(109(7-3)8-4)22-26-54(64)66(53)51-11-9-10-12-52(51)88(110)115-42-40-113-38-36-111-35-37-112-39-41-114-50-23-17-46(18-24-50)14-13-45-15-19-47(20-16-45)65-55-27-29-57(104-55)67(70-73(89)79(95)85(101)80(96)74(70)90)59-31-33-61(106-59)69(72-77(93)83(99)87(103)84(100)78(72)94)62-34-32-60(107-62)68(58-30-28-56(65)105-58)71-75(91)81(97)86(102)82(98)76(71)92/h9-12,15-34,43-44,110H,5-8,35-42H2,1-4H3. The van der Waals surface area contributed by atoms with E-state index in [1.165, 1.54) is 36.4 Å². The molecule has 0 saturated carbocycles. The molecule has 8 aromatic rings. The minimum absolute atomic E-state index is 0.0652. The minimum atomic E-state index is -2.65. The molecule has 14 rings (SSSR count). The molecule has 592 valence electrons. The van der Waals surface area contributed by atoms with E-state index in [-0.39, 0.29) is 81.3 Å². The Morgan fingerprint density at radius 2 is 0.698 bits per heavy atom. The van der Waals surface area contributed by atoms with Gasteiger partial charge >= 0.3 is 0 Å². The number of benzene rings is 8.